The van der Waals surface area contributed by atoms with Crippen molar-refractivity contribution in [1.29, 1.82) is 0 Å². The van der Waals surface area contributed by atoms with E-state index in [1.54, 1.807) is 30.3 Å². The number of aromatic nitrogens is 1. The first-order valence-electron chi connectivity index (χ1n) is 13.2. The highest BCUT2D eigenvalue weighted by molar-refractivity contribution is 7.14. The van der Waals surface area contributed by atoms with Gasteiger partial charge in [-0.2, -0.15) is 5.10 Å². The Morgan fingerprint density at radius 2 is 1.57 bits per heavy atom. The van der Waals surface area contributed by atoms with Gasteiger partial charge in [-0.15, -0.1) is 11.3 Å². The van der Waals surface area contributed by atoms with Crippen molar-refractivity contribution < 1.29 is 14.3 Å². The van der Waals surface area contributed by atoms with Gasteiger partial charge in [-0.1, -0.05) is 59.7 Å². The summed E-state index contributed by atoms with van der Waals surface area (Å²) in [6.07, 6.45) is 1.52. The topological polar surface area (TPSA) is 105 Å². The standard InChI is InChI=1S/C33H29N5O3S/c1-22-6-14-27(15-7-22)35-31(39)20-41-29-5-3-4-24(18-29)19-34-38-32(40)26-12-10-25(11-13-26)30-21-42-33(37-30)36-28-16-8-23(2)9-17-28/h3-19,21H,20H2,1-2H3,(H,35,39)(H,36,37)(H,38,40)/b34-19+. The van der Waals surface area contributed by atoms with Gasteiger partial charge in [0.2, 0.25) is 0 Å². The minimum absolute atomic E-state index is 0.132. The van der Waals surface area contributed by atoms with E-state index in [1.165, 1.54) is 23.1 Å². The molecule has 0 unspecified atom stereocenters. The molecule has 0 aliphatic carbocycles. The van der Waals surface area contributed by atoms with Crippen LogP contribution in [0, 0.1) is 13.8 Å². The monoisotopic (exact) mass is 575 g/mol. The average Bonchev–Trinajstić information content (AvgIpc) is 3.47. The first-order valence-corrected chi connectivity index (χ1v) is 14.1. The maximum absolute atomic E-state index is 12.6. The van der Waals surface area contributed by atoms with Crippen LogP contribution in [-0.2, 0) is 4.79 Å². The summed E-state index contributed by atoms with van der Waals surface area (Å²) in [5.74, 6) is -0.0810. The van der Waals surface area contributed by atoms with Crippen LogP contribution in [0.15, 0.2) is 108 Å². The van der Waals surface area contributed by atoms with Crippen LogP contribution in [0.2, 0.25) is 0 Å². The van der Waals surface area contributed by atoms with Crippen LogP contribution < -0.4 is 20.8 Å². The van der Waals surface area contributed by atoms with E-state index in [0.29, 0.717) is 22.6 Å². The summed E-state index contributed by atoms with van der Waals surface area (Å²) in [6.45, 7) is 3.90. The fourth-order valence-electron chi connectivity index (χ4n) is 3.91. The van der Waals surface area contributed by atoms with Crippen molar-refractivity contribution in [2.75, 3.05) is 17.2 Å². The SMILES string of the molecule is Cc1ccc(NC(=O)COc2cccc(/C=N/NC(=O)c3ccc(-c4csc(Nc5ccc(C)cc5)n4)cc3)c2)cc1. The number of hydrazone groups is 1. The molecule has 4 aromatic carbocycles. The number of benzene rings is 4. The van der Waals surface area contributed by atoms with Gasteiger partial charge in [-0.05, 0) is 67.9 Å². The molecule has 0 aliphatic heterocycles. The highest BCUT2D eigenvalue weighted by Crippen LogP contribution is 2.27. The number of rotatable bonds is 10. The molecule has 0 aliphatic rings. The van der Waals surface area contributed by atoms with Crippen molar-refractivity contribution in [2.24, 2.45) is 5.10 Å². The Kier molecular flexibility index (Phi) is 9.00. The average molecular weight is 576 g/mol. The number of hydrogen-bond donors (Lipinski definition) is 3. The summed E-state index contributed by atoms with van der Waals surface area (Å²) in [7, 11) is 0. The second-order valence-corrected chi connectivity index (χ2v) is 10.4. The first-order chi connectivity index (χ1) is 20.4. The van der Waals surface area contributed by atoms with Gasteiger partial charge < -0.3 is 15.4 Å². The van der Waals surface area contributed by atoms with E-state index in [9.17, 15) is 9.59 Å². The molecule has 0 spiro atoms. The van der Waals surface area contributed by atoms with Crippen LogP contribution >= 0.6 is 11.3 Å². The van der Waals surface area contributed by atoms with E-state index in [1.807, 2.05) is 79.0 Å². The fraction of sp³-hybridized carbons (Fsp3) is 0.0909. The van der Waals surface area contributed by atoms with Gasteiger partial charge >= 0.3 is 0 Å². The van der Waals surface area contributed by atoms with Gasteiger partial charge in [0, 0.05) is 27.9 Å². The minimum atomic E-state index is -0.335. The third-order valence-electron chi connectivity index (χ3n) is 6.19. The van der Waals surface area contributed by atoms with Crippen LogP contribution in [0.1, 0.15) is 27.0 Å². The van der Waals surface area contributed by atoms with Crippen molar-refractivity contribution in [3.8, 4) is 17.0 Å². The molecule has 1 aromatic heterocycles. The summed E-state index contributed by atoms with van der Waals surface area (Å²) >= 11 is 1.52. The number of ether oxygens (including phenoxy) is 1. The molecule has 42 heavy (non-hydrogen) atoms. The zero-order chi connectivity index (χ0) is 29.3. The van der Waals surface area contributed by atoms with E-state index in [0.717, 1.165) is 27.6 Å². The van der Waals surface area contributed by atoms with E-state index in [-0.39, 0.29) is 18.4 Å². The zero-order valence-electron chi connectivity index (χ0n) is 23.1. The third-order valence-corrected chi connectivity index (χ3v) is 6.95. The Labute approximate surface area is 248 Å². The summed E-state index contributed by atoms with van der Waals surface area (Å²) in [5.41, 5.74) is 9.47. The zero-order valence-corrected chi connectivity index (χ0v) is 23.9. The second kappa shape index (κ2) is 13.4. The molecule has 0 saturated heterocycles. The lowest BCUT2D eigenvalue weighted by Crippen LogP contribution is -2.20. The van der Waals surface area contributed by atoms with Crippen LogP contribution in [0.5, 0.6) is 5.75 Å². The van der Waals surface area contributed by atoms with Crippen LogP contribution in [0.25, 0.3) is 11.3 Å². The van der Waals surface area contributed by atoms with E-state index in [2.05, 4.69) is 33.1 Å². The predicted molar refractivity (Wildman–Crippen MR) is 169 cm³/mol. The largest absolute Gasteiger partial charge is 0.484 e. The molecule has 2 amide bonds. The van der Waals surface area contributed by atoms with Crippen molar-refractivity contribution in [3.63, 3.8) is 0 Å². The fourth-order valence-corrected chi connectivity index (χ4v) is 4.65. The maximum Gasteiger partial charge on any atom is 0.271 e. The van der Waals surface area contributed by atoms with Gasteiger partial charge in [0.15, 0.2) is 11.7 Å². The molecule has 0 radical (unpaired) electrons. The van der Waals surface area contributed by atoms with Gasteiger partial charge in [0.25, 0.3) is 11.8 Å². The molecular weight excluding hydrogens is 546 g/mol. The lowest BCUT2D eigenvalue weighted by atomic mass is 10.1. The maximum atomic E-state index is 12.6. The number of amides is 2. The number of aryl methyl sites for hydroxylation is 2. The van der Waals surface area contributed by atoms with Crippen LogP contribution in [0.4, 0.5) is 16.5 Å². The predicted octanol–water partition coefficient (Wildman–Crippen LogP) is 6.95. The Morgan fingerprint density at radius 1 is 0.881 bits per heavy atom. The molecule has 5 aromatic rings. The normalized spacial score (nSPS) is 10.8. The molecule has 3 N–H and O–H groups in total. The number of carbonyl (C=O) groups is 2. The smallest absolute Gasteiger partial charge is 0.271 e. The molecule has 1 heterocycles. The van der Waals surface area contributed by atoms with Crippen molar-refractivity contribution in [2.45, 2.75) is 13.8 Å². The molecule has 0 fully saturated rings. The van der Waals surface area contributed by atoms with Crippen molar-refractivity contribution in [3.05, 3.63) is 125 Å². The van der Waals surface area contributed by atoms with Gasteiger partial charge in [0.05, 0.1) is 11.9 Å². The molecule has 9 heteroatoms. The molecule has 8 nitrogen and oxygen atoms in total. The molecule has 0 bridgehead atoms. The molecule has 210 valence electrons. The number of nitrogens with one attached hydrogen (secondary N) is 3. The Morgan fingerprint density at radius 3 is 2.29 bits per heavy atom. The highest BCUT2D eigenvalue weighted by atomic mass is 32.1. The molecule has 5 rings (SSSR count). The Hall–Kier alpha value is -5.28. The quantitative estimate of drug-likeness (QED) is 0.123. The van der Waals surface area contributed by atoms with E-state index < -0.39 is 0 Å². The number of thiazole rings is 1. The van der Waals surface area contributed by atoms with E-state index >= 15 is 0 Å². The minimum Gasteiger partial charge on any atom is -0.484 e. The first kappa shape index (κ1) is 28.3. The second-order valence-electron chi connectivity index (χ2n) is 9.58. The lowest BCUT2D eigenvalue weighted by molar-refractivity contribution is -0.118. The molecule has 0 atom stereocenters. The Bertz CT molecular complexity index is 1700. The summed E-state index contributed by atoms with van der Waals surface area (Å²) in [4.78, 5) is 29.5. The van der Waals surface area contributed by atoms with Gasteiger partial charge in [-0.3, -0.25) is 9.59 Å². The van der Waals surface area contributed by atoms with Gasteiger partial charge in [0.1, 0.15) is 5.75 Å². The summed E-state index contributed by atoms with van der Waals surface area (Å²) in [5, 5.41) is 13.0. The highest BCUT2D eigenvalue weighted by Gasteiger charge is 2.09. The number of nitrogens with zero attached hydrogens (tertiary/aromatic N) is 2. The number of hydrogen-bond acceptors (Lipinski definition) is 7. The number of anilines is 3. The van der Waals surface area contributed by atoms with Crippen LogP contribution in [0.3, 0.4) is 0 Å². The lowest BCUT2D eigenvalue weighted by Gasteiger charge is -2.08. The Balaban J connectivity index is 1.11. The molecular formula is C33H29N5O3S. The third kappa shape index (κ3) is 7.89. The van der Waals surface area contributed by atoms with Crippen molar-refractivity contribution in [1.82, 2.24) is 10.4 Å². The number of carbonyl (C=O) groups excluding carboxylic acids is 2. The molecule has 0 saturated carbocycles. The van der Waals surface area contributed by atoms with Crippen molar-refractivity contribution >= 4 is 45.9 Å². The van der Waals surface area contributed by atoms with Crippen LogP contribution in [-0.4, -0.2) is 29.6 Å². The van der Waals surface area contributed by atoms with E-state index in [4.69, 9.17) is 4.74 Å². The summed E-state index contributed by atoms with van der Waals surface area (Å²) < 4.78 is 5.61. The summed E-state index contributed by atoms with van der Waals surface area (Å²) in [6, 6.07) is 30.0. The van der Waals surface area contributed by atoms with Gasteiger partial charge in [-0.25, -0.2) is 10.4 Å².